The van der Waals surface area contributed by atoms with Crippen LogP contribution in [0, 0.1) is 13.8 Å². The number of nitrogens with zero attached hydrogens (tertiary/aromatic N) is 1. The first-order chi connectivity index (χ1) is 9.06. The number of nitrogens with two attached hydrogens (primary N) is 1. The van der Waals surface area contributed by atoms with E-state index >= 15 is 0 Å². The Hall–Kier alpha value is -2.14. The molecule has 0 unspecified atom stereocenters. The standard InChI is InChI=1S/C14H17N3O2/c1-9-5-3-4-6-11(9)12(15)8-14(18)16-13-7-10(2)19-17-13/h3-7,12H,8,15H2,1-2H3,(H,16,17,18)/t12-/m0/s1. The van der Waals surface area contributed by atoms with E-state index in [2.05, 4.69) is 10.5 Å². The Bertz CT molecular complexity index is 578. The Morgan fingerprint density at radius 1 is 1.42 bits per heavy atom. The lowest BCUT2D eigenvalue weighted by atomic mass is 9.99. The van der Waals surface area contributed by atoms with Gasteiger partial charge in [0, 0.05) is 18.5 Å². The van der Waals surface area contributed by atoms with Crippen LogP contribution in [0.4, 0.5) is 5.82 Å². The van der Waals surface area contributed by atoms with Crippen molar-refractivity contribution in [2.75, 3.05) is 5.32 Å². The molecule has 0 bridgehead atoms. The summed E-state index contributed by atoms with van der Waals surface area (Å²) in [5, 5.41) is 6.36. The molecule has 0 saturated heterocycles. The van der Waals surface area contributed by atoms with Crippen molar-refractivity contribution in [1.29, 1.82) is 0 Å². The van der Waals surface area contributed by atoms with Gasteiger partial charge in [-0.1, -0.05) is 29.4 Å². The Kier molecular flexibility index (Phi) is 3.97. The highest BCUT2D eigenvalue weighted by atomic mass is 16.5. The van der Waals surface area contributed by atoms with E-state index in [0.717, 1.165) is 11.1 Å². The molecule has 0 aliphatic heterocycles. The molecule has 0 saturated carbocycles. The van der Waals surface area contributed by atoms with Gasteiger partial charge in [-0.15, -0.1) is 0 Å². The van der Waals surface area contributed by atoms with Gasteiger partial charge in [0.1, 0.15) is 5.76 Å². The van der Waals surface area contributed by atoms with E-state index in [0.29, 0.717) is 11.6 Å². The number of rotatable bonds is 4. The molecule has 0 aliphatic carbocycles. The molecule has 100 valence electrons. The molecule has 5 heteroatoms. The first-order valence-electron chi connectivity index (χ1n) is 6.10. The highest BCUT2D eigenvalue weighted by Gasteiger charge is 2.14. The maximum absolute atomic E-state index is 11.8. The Morgan fingerprint density at radius 2 is 2.16 bits per heavy atom. The molecule has 1 aromatic carbocycles. The van der Waals surface area contributed by atoms with E-state index in [-0.39, 0.29) is 18.4 Å². The van der Waals surface area contributed by atoms with Crippen molar-refractivity contribution in [2.45, 2.75) is 26.3 Å². The van der Waals surface area contributed by atoms with Gasteiger partial charge in [-0.25, -0.2) is 0 Å². The lowest BCUT2D eigenvalue weighted by Crippen LogP contribution is -2.21. The number of anilines is 1. The normalized spacial score (nSPS) is 12.2. The van der Waals surface area contributed by atoms with Crippen molar-refractivity contribution in [3.8, 4) is 0 Å². The topological polar surface area (TPSA) is 81.2 Å². The van der Waals surface area contributed by atoms with Crippen LogP contribution in [0.15, 0.2) is 34.9 Å². The Morgan fingerprint density at radius 3 is 2.79 bits per heavy atom. The number of benzene rings is 1. The minimum Gasteiger partial charge on any atom is -0.360 e. The van der Waals surface area contributed by atoms with E-state index < -0.39 is 0 Å². The Balaban J connectivity index is 1.97. The molecule has 0 aliphatic rings. The molecular weight excluding hydrogens is 242 g/mol. The summed E-state index contributed by atoms with van der Waals surface area (Å²) in [7, 11) is 0. The molecule has 1 aromatic heterocycles. The summed E-state index contributed by atoms with van der Waals surface area (Å²) < 4.78 is 4.88. The summed E-state index contributed by atoms with van der Waals surface area (Å²) in [6, 6.07) is 9.12. The predicted molar refractivity (Wildman–Crippen MR) is 72.6 cm³/mol. The molecule has 1 atom stereocenters. The van der Waals surface area contributed by atoms with Crippen LogP contribution in [-0.4, -0.2) is 11.1 Å². The lowest BCUT2D eigenvalue weighted by Gasteiger charge is -2.13. The molecule has 3 N–H and O–H groups in total. The number of carbonyl (C=O) groups excluding carboxylic acids is 1. The molecule has 0 fully saturated rings. The highest BCUT2D eigenvalue weighted by molar-refractivity contribution is 5.90. The molecule has 19 heavy (non-hydrogen) atoms. The van der Waals surface area contributed by atoms with Gasteiger partial charge in [0.2, 0.25) is 5.91 Å². The van der Waals surface area contributed by atoms with Crippen LogP contribution in [0.1, 0.15) is 29.3 Å². The summed E-state index contributed by atoms with van der Waals surface area (Å²) in [5.41, 5.74) is 8.11. The fourth-order valence-corrected chi connectivity index (χ4v) is 1.93. The van der Waals surface area contributed by atoms with Gasteiger partial charge in [-0.3, -0.25) is 4.79 Å². The van der Waals surface area contributed by atoms with Crippen LogP contribution in [0.3, 0.4) is 0 Å². The van der Waals surface area contributed by atoms with Gasteiger partial charge in [0.25, 0.3) is 0 Å². The van der Waals surface area contributed by atoms with Crippen LogP contribution in [0.5, 0.6) is 0 Å². The number of nitrogens with one attached hydrogen (secondary N) is 1. The largest absolute Gasteiger partial charge is 0.360 e. The molecule has 1 amide bonds. The van der Waals surface area contributed by atoms with Crippen LogP contribution >= 0.6 is 0 Å². The van der Waals surface area contributed by atoms with Crippen molar-refractivity contribution in [3.05, 3.63) is 47.2 Å². The predicted octanol–water partition coefficient (Wildman–Crippen LogP) is 2.32. The minimum absolute atomic E-state index is 0.177. The fourth-order valence-electron chi connectivity index (χ4n) is 1.93. The van der Waals surface area contributed by atoms with Crippen molar-refractivity contribution >= 4 is 11.7 Å². The fraction of sp³-hybridized carbons (Fsp3) is 0.286. The van der Waals surface area contributed by atoms with Gasteiger partial charge in [0.15, 0.2) is 5.82 Å². The molecule has 2 aromatic rings. The van der Waals surface area contributed by atoms with Gasteiger partial charge >= 0.3 is 0 Å². The average Bonchev–Trinajstić information content (AvgIpc) is 2.74. The lowest BCUT2D eigenvalue weighted by molar-refractivity contribution is -0.116. The summed E-state index contributed by atoms with van der Waals surface area (Å²) in [5.74, 6) is 0.891. The number of hydrogen-bond donors (Lipinski definition) is 2. The molecule has 5 nitrogen and oxygen atoms in total. The zero-order chi connectivity index (χ0) is 13.8. The minimum atomic E-state index is -0.325. The highest BCUT2D eigenvalue weighted by Crippen LogP contribution is 2.18. The summed E-state index contributed by atoms with van der Waals surface area (Å²) in [4.78, 5) is 11.8. The van der Waals surface area contributed by atoms with Gasteiger partial charge < -0.3 is 15.6 Å². The maximum atomic E-state index is 11.8. The first-order valence-corrected chi connectivity index (χ1v) is 6.10. The van der Waals surface area contributed by atoms with E-state index in [9.17, 15) is 4.79 Å². The smallest absolute Gasteiger partial charge is 0.227 e. The average molecular weight is 259 g/mol. The third-order valence-corrected chi connectivity index (χ3v) is 2.89. The third-order valence-electron chi connectivity index (χ3n) is 2.89. The van der Waals surface area contributed by atoms with Crippen LogP contribution in [0.25, 0.3) is 0 Å². The van der Waals surface area contributed by atoms with E-state index in [1.165, 1.54) is 0 Å². The summed E-state index contributed by atoms with van der Waals surface area (Å²) in [6.45, 7) is 3.75. The van der Waals surface area contributed by atoms with Crippen molar-refractivity contribution in [1.82, 2.24) is 5.16 Å². The van der Waals surface area contributed by atoms with E-state index in [1.54, 1.807) is 13.0 Å². The molecular formula is C14H17N3O2. The van der Waals surface area contributed by atoms with Crippen LogP contribution < -0.4 is 11.1 Å². The molecule has 0 radical (unpaired) electrons. The summed E-state index contributed by atoms with van der Waals surface area (Å²) >= 11 is 0. The second kappa shape index (κ2) is 5.67. The number of carbonyl (C=O) groups is 1. The van der Waals surface area contributed by atoms with E-state index in [4.69, 9.17) is 10.3 Å². The van der Waals surface area contributed by atoms with E-state index in [1.807, 2.05) is 31.2 Å². The molecule has 2 rings (SSSR count). The number of aryl methyl sites for hydroxylation is 2. The van der Waals surface area contributed by atoms with Gasteiger partial charge in [-0.2, -0.15) is 0 Å². The summed E-state index contributed by atoms with van der Waals surface area (Å²) in [6.07, 6.45) is 0.205. The number of amides is 1. The zero-order valence-electron chi connectivity index (χ0n) is 11.0. The molecule has 1 heterocycles. The number of hydrogen-bond acceptors (Lipinski definition) is 4. The monoisotopic (exact) mass is 259 g/mol. The second-order valence-electron chi connectivity index (χ2n) is 4.54. The first kappa shape index (κ1) is 13.3. The van der Waals surface area contributed by atoms with Crippen LogP contribution in [0.2, 0.25) is 0 Å². The second-order valence-corrected chi connectivity index (χ2v) is 4.54. The van der Waals surface area contributed by atoms with Crippen molar-refractivity contribution in [3.63, 3.8) is 0 Å². The SMILES string of the molecule is Cc1cc(NC(=O)C[C@H](N)c2ccccc2C)no1. The van der Waals surface area contributed by atoms with Gasteiger partial charge in [-0.05, 0) is 25.0 Å². The third kappa shape index (κ3) is 3.42. The van der Waals surface area contributed by atoms with Gasteiger partial charge in [0.05, 0.1) is 0 Å². The molecule has 0 spiro atoms. The van der Waals surface area contributed by atoms with Crippen molar-refractivity contribution in [2.24, 2.45) is 5.73 Å². The number of aromatic nitrogens is 1. The quantitative estimate of drug-likeness (QED) is 0.882. The van der Waals surface area contributed by atoms with Crippen LogP contribution in [-0.2, 0) is 4.79 Å². The van der Waals surface area contributed by atoms with Crippen molar-refractivity contribution < 1.29 is 9.32 Å². The maximum Gasteiger partial charge on any atom is 0.227 e. The zero-order valence-corrected chi connectivity index (χ0v) is 11.0. The Labute approximate surface area is 111 Å².